The third-order valence-corrected chi connectivity index (χ3v) is 6.66. The van der Waals surface area contributed by atoms with Crippen LogP contribution >= 0.6 is 0 Å². The second kappa shape index (κ2) is 9.03. The number of hydrogen-bond donors (Lipinski definition) is 0. The number of likely N-dealkylation sites (tertiary alicyclic amines) is 1. The number of pyridine rings is 1. The molecule has 6 heteroatoms. The van der Waals surface area contributed by atoms with Crippen molar-refractivity contribution in [2.75, 3.05) is 32.7 Å². The van der Waals surface area contributed by atoms with E-state index in [4.69, 9.17) is 0 Å². The third kappa shape index (κ3) is 4.54. The molecule has 0 aromatic carbocycles. The van der Waals surface area contributed by atoms with Crippen molar-refractivity contribution >= 4 is 11.8 Å². The van der Waals surface area contributed by atoms with E-state index < -0.39 is 0 Å². The standard InChI is InChI=1S/C22H32N4O2/c27-21(15-18-5-2-1-3-6-18)25-13-11-24(12-14-25)20-8-10-26(22(20)28)17-19-7-4-9-23-16-19/h4,7,9,16,18,20H,1-3,5-6,8,10-15,17H2. The van der Waals surface area contributed by atoms with Crippen LogP contribution in [-0.2, 0) is 16.1 Å². The van der Waals surface area contributed by atoms with Crippen LogP contribution < -0.4 is 0 Å². The highest BCUT2D eigenvalue weighted by Gasteiger charge is 2.37. The third-order valence-electron chi connectivity index (χ3n) is 6.66. The van der Waals surface area contributed by atoms with Gasteiger partial charge in [-0.15, -0.1) is 0 Å². The molecule has 1 unspecified atom stereocenters. The Hall–Kier alpha value is -1.95. The summed E-state index contributed by atoms with van der Waals surface area (Å²) in [6.07, 6.45) is 11.5. The summed E-state index contributed by atoms with van der Waals surface area (Å²) in [5.41, 5.74) is 1.08. The van der Waals surface area contributed by atoms with Gasteiger partial charge in [-0.05, 0) is 36.8 Å². The number of rotatable bonds is 5. The molecule has 2 aliphatic heterocycles. The van der Waals surface area contributed by atoms with Gasteiger partial charge in [0, 0.05) is 58.1 Å². The van der Waals surface area contributed by atoms with Crippen molar-refractivity contribution in [3.63, 3.8) is 0 Å². The molecule has 2 saturated heterocycles. The first-order chi connectivity index (χ1) is 13.7. The highest BCUT2D eigenvalue weighted by Crippen LogP contribution is 2.27. The summed E-state index contributed by atoms with van der Waals surface area (Å²) < 4.78 is 0. The van der Waals surface area contributed by atoms with Gasteiger partial charge in [0.15, 0.2) is 0 Å². The lowest BCUT2D eigenvalue weighted by Crippen LogP contribution is -2.54. The van der Waals surface area contributed by atoms with Crippen LogP contribution in [0.5, 0.6) is 0 Å². The summed E-state index contributed by atoms with van der Waals surface area (Å²) in [7, 11) is 0. The van der Waals surface area contributed by atoms with E-state index in [9.17, 15) is 9.59 Å². The van der Waals surface area contributed by atoms with Gasteiger partial charge in [0.2, 0.25) is 11.8 Å². The van der Waals surface area contributed by atoms with Gasteiger partial charge in [0.05, 0.1) is 6.04 Å². The number of amides is 2. The van der Waals surface area contributed by atoms with E-state index >= 15 is 0 Å². The van der Waals surface area contributed by atoms with Gasteiger partial charge in [0.1, 0.15) is 0 Å². The van der Waals surface area contributed by atoms with Crippen LogP contribution in [0.15, 0.2) is 24.5 Å². The topological polar surface area (TPSA) is 56.8 Å². The van der Waals surface area contributed by atoms with Crippen LogP contribution in [0.4, 0.5) is 0 Å². The van der Waals surface area contributed by atoms with Crippen LogP contribution in [0.25, 0.3) is 0 Å². The molecule has 0 radical (unpaired) electrons. The summed E-state index contributed by atoms with van der Waals surface area (Å²) >= 11 is 0. The van der Waals surface area contributed by atoms with Crippen molar-refractivity contribution in [3.05, 3.63) is 30.1 Å². The first-order valence-corrected chi connectivity index (χ1v) is 10.9. The first kappa shape index (κ1) is 19.4. The lowest BCUT2D eigenvalue weighted by molar-refractivity contribution is -0.136. The highest BCUT2D eigenvalue weighted by atomic mass is 16.2. The van der Waals surface area contributed by atoms with Crippen LogP contribution in [0, 0.1) is 5.92 Å². The van der Waals surface area contributed by atoms with E-state index in [0.717, 1.165) is 51.1 Å². The van der Waals surface area contributed by atoms with E-state index in [1.54, 1.807) is 6.20 Å². The molecule has 1 saturated carbocycles. The summed E-state index contributed by atoms with van der Waals surface area (Å²) in [4.78, 5) is 35.9. The summed E-state index contributed by atoms with van der Waals surface area (Å²) in [5, 5.41) is 0. The first-order valence-electron chi connectivity index (χ1n) is 10.9. The van der Waals surface area contributed by atoms with E-state index in [1.807, 2.05) is 28.1 Å². The maximum atomic E-state index is 12.9. The molecule has 3 aliphatic rings. The van der Waals surface area contributed by atoms with Crippen molar-refractivity contribution in [3.8, 4) is 0 Å². The largest absolute Gasteiger partial charge is 0.340 e. The molecule has 0 N–H and O–H groups in total. The molecule has 3 fully saturated rings. The smallest absolute Gasteiger partial charge is 0.240 e. The zero-order valence-corrected chi connectivity index (χ0v) is 16.8. The predicted molar refractivity (Wildman–Crippen MR) is 107 cm³/mol. The summed E-state index contributed by atoms with van der Waals surface area (Å²) in [5.74, 6) is 1.14. The van der Waals surface area contributed by atoms with Crippen LogP contribution in [0.1, 0.15) is 50.5 Å². The Bertz CT molecular complexity index is 666. The molecule has 2 amide bonds. The Balaban J connectivity index is 1.24. The Labute approximate surface area is 167 Å². The van der Waals surface area contributed by atoms with Crippen LogP contribution in [0.3, 0.4) is 0 Å². The molecule has 1 atom stereocenters. The maximum absolute atomic E-state index is 12.9. The van der Waals surface area contributed by atoms with Crippen molar-refractivity contribution in [2.24, 2.45) is 5.92 Å². The Kier molecular flexibility index (Phi) is 6.25. The van der Waals surface area contributed by atoms with E-state index in [-0.39, 0.29) is 11.9 Å². The molecule has 3 heterocycles. The molecule has 152 valence electrons. The molecule has 28 heavy (non-hydrogen) atoms. The van der Waals surface area contributed by atoms with Crippen LogP contribution in [-0.4, -0.2) is 70.3 Å². The van der Waals surface area contributed by atoms with Gasteiger partial charge >= 0.3 is 0 Å². The minimum absolute atomic E-state index is 0.0210. The minimum Gasteiger partial charge on any atom is -0.340 e. The monoisotopic (exact) mass is 384 g/mol. The number of hydrogen-bond acceptors (Lipinski definition) is 4. The average molecular weight is 385 g/mol. The SMILES string of the molecule is O=C(CC1CCCCC1)N1CCN(C2CCN(Cc3cccnc3)C2=O)CC1. The van der Waals surface area contributed by atoms with E-state index in [0.29, 0.717) is 18.4 Å². The van der Waals surface area contributed by atoms with E-state index in [1.165, 1.54) is 32.1 Å². The number of piperazine rings is 1. The number of carbonyl (C=O) groups excluding carboxylic acids is 2. The average Bonchev–Trinajstić information content (AvgIpc) is 3.10. The van der Waals surface area contributed by atoms with E-state index in [2.05, 4.69) is 9.88 Å². The second-order valence-electron chi connectivity index (χ2n) is 8.55. The minimum atomic E-state index is -0.0210. The van der Waals surface area contributed by atoms with Crippen molar-refractivity contribution in [1.82, 2.24) is 19.7 Å². The Morgan fingerprint density at radius 2 is 1.82 bits per heavy atom. The quantitative estimate of drug-likeness (QED) is 0.782. The lowest BCUT2D eigenvalue weighted by atomic mass is 9.86. The molecule has 0 bridgehead atoms. The van der Waals surface area contributed by atoms with Gasteiger partial charge in [-0.25, -0.2) is 0 Å². The normalized spacial score (nSPS) is 24.7. The summed E-state index contributed by atoms with van der Waals surface area (Å²) in [6, 6.07) is 3.91. The molecular formula is C22H32N4O2. The van der Waals surface area contributed by atoms with Crippen molar-refractivity contribution < 1.29 is 9.59 Å². The maximum Gasteiger partial charge on any atom is 0.240 e. The molecule has 6 nitrogen and oxygen atoms in total. The second-order valence-corrected chi connectivity index (χ2v) is 8.55. The number of aromatic nitrogens is 1. The fraction of sp³-hybridized carbons (Fsp3) is 0.682. The van der Waals surface area contributed by atoms with Gasteiger partial charge in [-0.2, -0.15) is 0 Å². The number of carbonyl (C=O) groups is 2. The Morgan fingerprint density at radius 1 is 1.04 bits per heavy atom. The lowest BCUT2D eigenvalue weighted by Gasteiger charge is -2.38. The van der Waals surface area contributed by atoms with Crippen molar-refractivity contribution in [1.29, 1.82) is 0 Å². The molecule has 0 spiro atoms. The summed E-state index contributed by atoms with van der Waals surface area (Å²) in [6.45, 7) is 4.60. The number of nitrogens with zero attached hydrogens (tertiary/aromatic N) is 4. The van der Waals surface area contributed by atoms with Crippen molar-refractivity contribution in [2.45, 2.75) is 57.5 Å². The molecule has 1 aromatic rings. The van der Waals surface area contributed by atoms with Gasteiger partial charge < -0.3 is 9.80 Å². The molecular weight excluding hydrogens is 352 g/mol. The molecule has 1 aromatic heterocycles. The molecule has 1 aliphatic carbocycles. The zero-order valence-electron chi connectivity index (χ0n) is 16.8. The van der Waals surface area contributed by atoms with Gasteiger partial charge in [-0.1, -0.05) is 25.3 Å². The van der Waals surface area contributed by atoms with Crippen LogP contribution in [0.2, 0.25) is 0 Å². The fourth-order valence-electron chi connectivity index (χ4n) is 4.98. The zero-order chi connectivity index (χ0) is 19.3. The van der Waals surface area contributed by atoms with Gasteiger partial charge in [0.25, 0.3) is 0 Å². The predicted octanol–water partition coefficient (Wildman–Crippen LogP) is 2.30. The molecule has 4 rings (SSSR count). The highest BCUT2D eigenvalue weighted by molar-refractivity contribution is 5.84. The van der Waals surface area contributed by atoms with Gasteiger partial charge in [-0.3, -0.25) is 19.5 Å². The Morgan fingerprint density at radius 3 is 2.54 bits per heavy atom. The fourth-order valence-corrected chi connectivity index (χ4v) is 4.98.